The zero-order chi connectivity index (χ0) is 19.4. The molecule has 7 nitrogen and oxygen atoms in total. The van der Waals surface area contributed by atoms with E-state index in [1.54, 1.807) is 19.1 Å². The van der Waals surface area contributed by atoms with E-state index < -0.39 is 30.3 Å². The number of benzene rings is 2. The molecule has 5 amide bonds. The fourth-order valence-electron chi connectivity index (χ4n) is 2.83. The van der Waals surface area contributed by atoms with Crippen molar-refractivity contribution >= 4 is 29.4 Å². The predicted octanol–water partition coefficient (Wildman–Crippen LogP) is 2.49. The summed E-state index contributed by atoms with van der Waals surface area (Å²) < 4.78 is 0. The fourth-order valence-corrected chi connectivity index (χ4v) is 2.83. The maximum atomic E-state index is 12.2. The molecular formula is C20H19N3O4. The second-order valence-corrected chi connectivity index (χ2v) is 6.12. The van der Waals surface area contributed by atoms with Gasteiger partial charge in [0.1, 0.15) is 6.54 Å². The van der Waals surface area contributed by atoms with Gasteiger partial charge in [-0.1, -0.05) is 49.4 Å². The molecule has 2 aromatic carbocycles. The van der Waals surface area contributed by atoms with Crippen LogP contribution in [0, 0.1) is 0 Å². The molecule has 1 saturated heterocycles. The maximum absolute atomic E-state index is 12.2. The average Bonchev–Trinajstić information content (AvgIpc) is 2.88. The predicted molar refractivity (Wildman–Crippen MR) is 99.6 cm³/mol. The number of amides is 5. The molecule has 1 N–H and O–H groups in total. The Morgan fingerprint density at radius 1 is 0.852 bits per heavy atom. The Morgan fingerprint density at radius 3 is 2.07 bits per heavy atom. The summed E-state index contributed by atoms with van der Waals surface area (Å²) in [6, 6.07) is 16.2. The van der Waals surface area contributed by atoms with Crippen LogP contribution < -0.4 is 5.32 Å². The molecule has 1 heterocycles. The normalized spacial score (nSPS) is 14.0. The molecule has 0 spiro atoms. The van der Waals surface area contributed by atoms with Crippen LogP contribution >= 0.6 is 0 Å². The topological polar surface area (TPSA) is 86.8 Å². The van der Waals surface area contributed by atoms with Crippen molar-refractivity contribution in [3.05, 3.63) is 54.6 Å². The van der Waals surface area contributed by atoms with Crippen molar-refractivity contribution < 1.29 is 19.2 Å². The Bertz CT molecular complexity index is 878. The Morgan fingerprint density at radius 2 is 1.44 bits per heavy atom. The summed E-state index contributed by atoms with van der Waals surface area (Å²) in [5, 5.41) is 2.64. The third kappa shape index (κ3) is 3.87. The number of anilines is 1. The van der Waals surface area contributed by atoms with Crippen LogP contribution in [0.25, 0.3) is 11.1 Å². The molecule has 1 fully saturated rings. The summed E-state index contributed by atoms with van der Waals surface area (Å²) in [5.74, 6) is -2.40. The number of hydrogen-bond acceptors (Lipinski definition) is 4. The van der Waals surface area contributed by atoms with E-state index in [1.165, 1.54) is 0 Å². The van der Waals surface area contributed by atoms with Gasteiger partial charge in [0.05, 0.1) is 0 Å². The number of nitrogens with one attached hydrogen (secondary N) is 1. The summed E-state index contributed by atoms with van der Waals surface area (Å²) in [6.45, 7) is 1.45. The number of hydrogen-bond donors (Lipinski definition) is 1. The van der Waals surface area contributed by atoms with Crippen molar-refractivity contribution in [1.29, 1.82) is 0 Å². The average molecular weight is 365 g/mol. The van der Waals surface area contributed by atoms with Crippen molar-refractivity contribution in [2.75, 3.05) is 18.4 Å². The quantitative estimate of drug-likeness (QED) is 0.629. The van der Waals surface area contributed by atoms with Gasteiger partial charge in [0.2, 0.25) is 5.91 Å². The number of imide groups is 2. The molecule has 3 rings (SSSR count). The van der Waals surface area contributed by atoms with Gasteiger partial charge in [-0.25, -0.2) is 9.69 Å². The fraction of sp³-hybridized carbons (Fsp3) is 0.200. The van der Waals surface area contributed by atoms with Crippen molar-refractivity contribution in [3.8, 4) is 11.1 Å². The number of rotatable bonds is 6. The molecule has 1 aliphatic heterocycles. The third-order valence-corrected chi connectivity index (χ3v) is 4.16. The summed E-state index contributed by atoms with van der Waals surface area (Å²) in [6.07, 6.45) is 0.540. The van der Waals surface area contributed by atoms with Gasteiger partial charge in [-0.3, -0.25) is 19.3 Å². The van der Waals surface area contributed by atoms with Crippen LogP contribution in [0.15, 0.2) is 54.6 Å². The van der Waals surface area contributed by atoms with Crippen LogP contribution in [-0.2, 0) is 14.4 Å². The number of urea groups is 1. The highest BCUT2D eigenvalue weighted by Crippen LogP contribution is 2.21. The molecule has 138 valence electrons. The van der Waals surface area contributed by atoms with Crippen molar-refractivity contribution in [3.63, 3.8) is 0 Å². The van der Waals surface area contributed by atoms with Gasteiger partial charge in [0.25, 0.3) is 0 Å². The second kappa shape index (κ2) is 7.82. The minimum absolute atomic E-state index is 0.155. The van der Waals surface area contributed by atoms with Gasteiger partial charge >= 0.3 is 17.8 Å². The molecule has 0 bridgehead atoms. The first kappa shape index (κ1) is 18.3. The van der Waals surface area contributed by atoms with Gasteiger partial charge in [-0.05, 0) is 29.7 Å². The first-order valence-electron chi connectivity index (χ1n) is 8.64. The molecule has 2 aromatic rings. The van der Waals surface area contributed by atoms with Gasteiger partial charge in [0, 0.05) is 12.2 Å². The number of nitrogens with zero attached hydrogens (tertiary/aromatic N) is 2. The molecular weight excluding hydrogens is 346 g/mol. The minimum atomic E-state index is -0.969. The first-order valence-corrected chi connectivity index (χ1v) is 8.64. The molecule has 0 atom stereocenters. The summed E-state index contributed by atoms with van der Waals surface area (Å²) in [5.41, 5.74) is 2.59. The van der Waals surface area contributed by atoms with Crippen molar-refractivity contribution in [1.82, 2.24) is 9.80 Å². The smallest absolute Gasteiger partial charge is 0.325 e. The lowest BCUT2D eigenvalue weighted by atomic mass is 10.1. The monoisotopic (exact) mass is 365 g/mol. The molecule has 1 aliphatic rings. The van der Waals surface area contributed by atoms with Gasteiger partial charge in [-0.2, -0.15) is 0 Å². The molecule has 0 aliphatic carbocycles. The first-order chi connectivity index (χ1) is 13.0. The van der Waals surface area contributed by atoms with E-state index in [0.717, 1.165) is 16.0 Å². The van der Waals surface area contributed by atoms with Crippen molar-refractivity contribution in [2.45, 2.75) is 13.3 Å². The lowest BCUT2D eigenvalue weighted by molar-refractivity contribution is -0.143. The van der Waals surface area contributed by atoms with E-state index >= 15 is 0 Å². The Hall–Kier alpha value is -3.48. The minimum Gasteiger partial charge on any atom is -0.325 e. The summed E-state index contributed by atoms with van der Waals surface area (Å²) in [4.78, 5) is 49.6. The SMILES string of the molecule is CCCN1C(=O)C(=O)N(CC(=O)Nc2ccc(-c3ccccc3)cc2)C1=O. The van der Waals surface area contributed by atoms with E-state index in [2.05, 4.69) is 5.32 Å². The summed E-state index contributed by atoms with van der Waals surface area (Å²) in [7, 11) is 0. The molecule has 0 unspecified atom stereocenters. The standard InChI is InChI=1S/C20H19N3O4/c1-2-12-22-18(25)19(26)23(20(22)27)13-17(24)21-16-10-8-15(9-11-16)14-6-4-3-5-7-14/h3-11H,2,12-13H2,1H3,(H,21,24). The molecule has 27 heavy (non-hydrogen) atoms. The van der Waals surface area contributed by atoms with Gasteiger partial charge in [0.15, 0.2) is 0 Å². The highest BCUT2D eigenvalue weighted by molar-refractivity contribution is 6.45. The van der Waals surface area contributed by atoms with Crippen LogP contribution in [0.4, 0.5) is 10.5 Å². The number of carbonyl (C=O) groups is 4. The highest BCUT2D eigenvalue weighted by Gasteiger charge is 2.44. The second-order valence-electron chi connectivity index (χ2n) is 6.12. The molecule has 7 heteroatoms. The Kier molecular flexibility index (Phi) is 5.30. The molecule has 0 aromatic heterocycles. The Labute approximate surface area is 156 Å². The Balaban J connectivity index is 1.63. The zero-order valence-electron chi connectivity index (χ0n) is 14.8. The van der Waals surface area contributed by atoms with Gasteiger partial charge in [-0.15, -0.1) is 0 Å². The van der Waals surface area contributed by atoms with E-state index in [-0.39, 0.29) is 6.54 Å². The van der Waals surface area contributed by atoms with Crippen LogP contribution in [-0.4, -0.2) is 46.6 Å². The lowest BCUT2D eigenvalue weighted by Crippen LogP contribution is -2.39. The van der Waals surface area contributed by atoms with Gasteiger partial charge < -0.3 is 5.32 Å². The van der Waals surface area contributed by atoms with Crippen LogP contribution in [0.5, 0.6) is 0 Å². The number of carbonyl (C=O) groups excluding carboxylic acids is 4. The largest absolute Gasteiger partial charge is 0.334 e. The van der Waals surface area contributed by atoms with Crippen LogP contribution in [0.3, 0.4) is 0 Å². The van der Waals surface area contributed by atoms with Crippen molar-refractivity contribution in [2.24, 2.45) is 0 Å². The van der Waals surface area contributed by atoms with Crippen LogP contribution in [0.2, 0.25) is 0 Å². The molecule has 0 radical (unpaired) electrons. The van der Waals surface area contributed by atoms with E-state index in [1.807, 2.05) is 42.5 Å². The highest BCUT2D eigenvalue weighted by atomic mass is 16.2. The van der Waals surface area contributed by atoms with E-state index in [4.69, 9.17) is 0 Å². The van der Waals surface area contributed by atoms with E-state index in [9.17, 15) is 19.2 Å². The third-order valence-electron chi connectivity index (χ3n) is 4.16. The van der Waals surface area contributed by atoms with E-state index in [0.29, 0.717) is 17.0 Å². The molecule has 0 saturated carbocycles. The van der Waals surface area contributed by atoms with Crippen LogP contribution in [0.1, 0.15) is 13.3 Å². The lowest BCUT2D eigenvalue weighted by Gasteiger charge is -2.14. The summed E-state index contributed by atoms with van der Waals surface area (Å²) >= 11 is 0. The maximum Gasteiger partial charge on any atom is 0.334 e. The zero-order valence-corrected chi connectivity index (χ0v) is 14.8.